The molecule has 1 heterocycles. The lowest BCUT2D eigenvalue weighted by Gasteiger charge is -2.12. The van der Waals surface area contributed by atoms with Gasteiger partial charge < -0.3 is 10.1 Å². The van der Waals surface area contributed by atoms with E-state index < -0.39 is 11.9 Å². The molecule has 162 valence electrons. The maximum absolute atomic E-state index is 13.1. The van der Waals surface area contributed by atoms with Gasteiger partial charge in [-0.15, -0.1) is 0 Å². The quantitative estimate of drug-likeness (QED) is 0.360. The largest absolute Gasteiger partial charge is 0.488 e. The first-order valence-corrected chi connectivity index (χ1v) is 10.8. The molecule has 1 aliphatic heterocycles. The van der Waals surface area contributed by atoms with Crippen LogP contribution in [0.2, 0.25) is 0 Å². The van der Waals surface area contributed by atoms with Gasteiger partial charge in [-0.1, -0.05) is 57.9 Å². The van der Waals surface area contributed by atoms with Crippen molar-refractivity contribution in [3.63, 3.8) is 0 Å². The van der Waals surface area contributed by atoms with Crippen molar-refractivity contribution in [3.8, 4) is 5.75 Å². The van der Waals surface area contributed by atoms with Gasteiger partial charge >= 0.3 is 6.03 Å². The Balaban J connectivity index is 1.55. The van der Waals surface area contributed by atoms with E-state index in [0.717, 1.165) is 21.2 Å². The summed E-state index contributed by atoms with van der Waals surface area (Å²) in [4.78, 5) is 26.5. The van der Waals surface area contributed by atoms with Gasteiger partial charge in [-0.3, -0.25) is 9.69 Å². The van der Waals surface area contributed by atoms with Crippen molar-refractivity contribution >= 4 is 33.9 Å². The average molecular weight is 495 g/mol. The Kier molecular flexibility index (Phi) is 6.37. The number of nitrogens with zero attached hydrogens (tertiary/aromatic N) is 1. The second-order valence-electron chi connectivity index (χ2n) is 7.47. The highest BCUT2D eigenvalue weighted by atomic mass is 79.9. The summed E-state index contributed by atoms with van der Waals surface area (Å²) in [6, 6.07) is 18.6. The number of halogens is 2. The Morgan fingerprint density at radius 2 is 1.81 bits per heavy atom. The summed E-state index contributed by atoms with van der Waals surface area (Å²) in [5.41, 5.74) is 3.54. The monoisotopic (exact) mass is 494 g/mol. The van der Waals surface area contributed by atoms with Gasteiger partial charge in [-0.2, -0.15) is 0 Å². The molecule has 1 aliphatic rings. The summed E-state index contributed by atoms with van der Waals surface area (Å²) < 4.78 is 19.8. The Hall–Kier alpha value is -3.45. The molecule has 1 fully saturated rings. The van der Waals surface area contributed by atoms with E-state index in [0.29, 0.717) is 11.3 Å². The van der Waals surface area contributed by atoms with Crippen LogP contribution >= 0.6 is 15.9 Å². The summed E-state index contributed by atoms with van der Waals surface area (Å²) in [7, 11) is 0. The van der Waals surface area contributed by atoms with Crippen LogP contribution in [0.1, 0.15) is 22.3 Å². The zero-order valence-corrected chi connectivity index (χ0v) is 18.9. The molecule has 1 saturated heterocycles. The molecule has 0 bridgehead atoms. The van der Waals surface area contributed by atoms with Gasteiger partial charge in [0.15, 0.2) is 0 Å². The Labute approximate surface area is 193 Å². The minimum absolute atomic E-state index is 0.174. The molecule has 0 radical (unpaired) electrons. The standard InChI is InChI=1S/C25H20BrFN2O3/c1-16-3-2-4-18(11-16)14-29-24(30)22(28-25(29)31)13-19-12-20(26)7-10-23(19)32-15-17-5-8-21(27)9-6-17/h2-13H,14-15H2,1H3,(H,28,31)/b22-13+. The number of ether oxygens (including phenoxy) is 1. The lowest BCUT2D eigenvalue weighted by Crippen LogP contribution is -2.30. The molecule has 5 nitrogen and oxygen atoms in total. The second kappa shape index (κ2) is 9.36. The third kappa shape index (κ3) is 5.06. The topological polar surface area (TPSA) is 58.6 Å². The van der Waals surface area contributed by atoms with Crippen LogP contribution in [-0.2, 0) is 17.9 Å². The number of hydrogen-bond donors (Lipinski definition) is 1. The average Bonchev–Trinajstić information content (AvgIpc) is 3.02. The molecule has 0 aliphatic carbocycles. The number of nitrogens with one attached hydrogen (secondary N) is 1. The number of imide groups is 1. The van der Waals surface area contributed by atoms with Crippen LogP contribution in [-0.4, -0.2) is 16.8 Å². The lowest BCUT2D eigenvalue weighted by atomic mass is 10.1. The fraction of sp³-hybridized carbons (Fsp3) is 0.120. The summed E-state index contributed by atoms with van der Waals surface area (Å²) >= 11 is 3.43. The van der Waals surface area contributed by atoms with Crippen LogP contribution in [0.25, 0.3) is 6.08 Å². The number of aryl methyl sites for hydroxylation is 1. The fourth-order valence-corrected chi connectivity index (χ4v) is 3.75. The predicted molar refractivity (Wildman–Crippen MR) is 123 cm³/mol. The van der Waals surface area contributed by atoms with Crippen molar-refractivity contribution < 1.29 is 18.7 Å². The normalized spacial score (nSPS) is 14.7. The Morgan fingerprint density at radius 1 is 1.03 bits per heavy atom. The molecule has 0 unspecified atom stereocenters. The van der Waals surface area contributed by atoms with Gasteiger partial charge in [0, 0.05) is 10.0 Å². The van der Waals surface area contributed by atoms with Crippen LogP contribution in [0.15, 0.2) is 76.9 Å². The van der Waals surface area contributed by atoms with Gasteiger partial charge in [-0.05, 0) is 54.5 Å². The van der Waals surface area contributed by atoms with Crippen molar-refractivity contribution in [2.24, 2.45) is 0 Å². The van der Waals surface area contributed by atoms with E-state index in [2.05, 4.69) is 21.2 Å². The Bertz CT molecular complexity index is 1210. The molecule has 0 atom stereocenters. The van der Waals surface area contributed by atoms with E-state index in [4.69, 9.17) is 4.74 Å². The highest BCUT2D eigenvalue weighted by Crippen LogP contribution is 2.28. The highest BCUT2D eigenvalue weighted by molar-refractivity contribution is 9.10. The van der Waals surface area contributed by atoms with Crippen LogP contribution < -0.4 is 10.1 Å². The van der Waals surface area contributed by atoms with Crippen molar-refractivity contribution in [1.29, 1.82) is 0 Å². The summed E-state index contributed by atoms with van der Waals surface area (Å²) in [5.74, 6) is -0.182. The fourth-order valence-electron chi connectivity index (χ4n) is 3.37. The summed E-state index contributed by atoms with van der Waals surface area (Å²) in [6.07, 6.45) is 1.60. The zero-order valence-electron chi connectivity index (χ0n) is 17.3. The number of hydrogen-bond acceptors (Lipinski definition) is 3. The van der Waals surface area contributed by atoms with E-state index in [1.807, 2.05) is 37.3 Å². The first-order chi connectivity index (χ1) is 15.4. The molecular formula is C25H20BrFN2O3. The molecular weight excluding hydrogens is 475 g/mol. The van der Waals surface area contributed by atoms with Gasteiger partial charge in [-0.25, -0.2) is 9.18 Å². The molecule has 3 aromatic rings. The minimum atomic E-state index is -0.466. The number of rotatable bonds is 6. The third-order valence-electron chi connectivity index (χ3n) is 4.96. The smallest absolute Gasteiger partial charge is 0.329 e. The van der Waals surface area contributed by atoms with Gasteiger partial charge in [0.05, 0.1) is 6.54 Å². The van der Waals surface area contributed by atoms with Crippen molar-refractivity contribution in [3.05, 3.63) is 105 Å². The minimum Gasteiger partial charge on any atom is -0.488 e. The van der Waals surface area contributed by atoms with Crippen LogP contribution in [0.3, 0.4) is 0 Å². The molecule has 3 amide bonds. The first-order valence-electron chi connectivity index (χ1n) is 9.96. The van der Waals surface area contributed by atoms with Crippen LogP contribution in [0.5, 0.6) is 5.75 Å². The maximum Gasteiger partial charge on any atom is 0.329 e. The van der Waals surface area contributed by atoms with E-state index in [9.17, 15) is 14.0 Å². The van der Waals surface area contributed by atoms with Gasteiger partial charge in [0.25, 0.3) is 5.91 Å². The molecule has 3 aromatic carbocycles. The number of urea groups is 1. The molecule has 4 rings (SSSR count). The van der Waals surface area contributed by atoms with Crippen LogP contribution in [0, 0.1) is 12.7 Å². The highest BCUT2D eigenvalue weighted by Gasteiger charge is 2.33. The predicted octanol–water partition coefficient (Wildman–Crippen LogP) is 5.57. The summed E-state index contributed by atoms with van der Waals surface area (Å²) in [6.45, 7) is 2.38. The molecule has 1 N–H and O–H groups in total. The molecule has 0 aromatic heterocycles. The van der Waals surface area contributed by atoms with E-state index in [1.165, 1.54) is 17.0 Å². The first kappa shape index (κ1) is 21.8. The van der Waals surface area contributed by atoms with E-state index in [-0.39, 0.29) is 24.7 Å². The lowest BCUT2D eigenvalue weighted by molar-refractivity contribution is -0.123. The number of carbonyl (C=O) groups excluding carboxylic acids is 2. The zero-order chi connectivity index (χ0) is 22.7. The third-order valence-corrected chi connectivity index (χ3v) is 5.46. The van der Waals surface area contributed by atoms with Crippen LogP contribution in [0.4, 0.5) is 9.18 Å². The van der Waals surface area contributed by atoms with E-state index in [1.54, 1.807) is 30.3 Å². The van der Waals surface area contributed by atoms with Crippen molar-refractivity contribution in [1.82, 2.24) is 10.2 Å². The number of carbonyl (C=O) groups is 2. The maximum atomic E-state index is 13.1. The Morgan fingerprint density at radius 3 is 2.56 bits per heavy atom. The summed E-state index contributed by atoms with van der Waals surface area (Å²) in [5, 5.41) is 2.65. The molecule has 0 saturated carbocycles. The number of benzene rings is 3. The SMILES string of the molecule is Cc1cccc(CN2C(=O)N/C(=C/c3cc(Br)ccc3OCc3ccc(F)cc3)C2=O)c1. The molecule has 0 spiro atoms. The second-order valence-corrected chi connectivity index (χ2v) is 8.38. The molecule has 7 heteroatoms. The van der Waals surface area contributed by atoms with E-state index >= 15 is 0 Å². The van der Waals surface area contributed by atoms with Gasteiger partial charge in [0.2, 0.25) is 0 Å². The molecule has 32 heavy (non-hydrogen) atoms. The number of amides is 3. The van der Waals surface area contributed by atoms with Crippen molar-refractivity contribution in [2.75, 3.05) is 0 Å². The van der Waals surface area contributed by atoms with Crippen molar-refractivity contribution in [2.45, 2.75) is 20.1 Å². The van der Waals surface area contributed by atoms with Gasteiger partial charge in [0.1, 0.15) is 23.9 Å².